The van der Waals surface area contributed by atoms with Gasteiger partial charge in [-0.15, -0.1) is 0 Å². The van der Waals surface area contributed by atoms with Gasteiger partial charge in [0, 0.05) is 6.54 Å². The molecule has 0 aliphatic heterocycles. The zero-order valence-electron chi connectivity index (χ0n) is 12.1. The SMILES string of the molecule is CNCC(=O)NCc1cc(C(C)(C)C)ccc1C. The summed E-state index contributed by atoms with van der Waals surface area (Å²) in [6.07, 6.45) is 0. The summed E-state index contributed by atoms with van der Waals surface area (Å²) in [5.41, 5.74) is 3.84. The highest BCUT2D eigenvalue weighted by atomic mass is 16.1. The highest BCUT2D eigenvalue weighted by Gasteiger charge is 2.14. The van der Waals surface area contributed by atoms with Gasteiger partial charge in [0.2, 0.25) is 5.91 Å². The van der Waals surface area contributed by atoms with Gasteiger partial charge in [0.25, 0.3) is 0 Å². The summed E-state index contributed by atoms with van der Waals surface area (Å²) in [7, 11) is 1.77. The van der Waals surface area contributed by atoms with Crippen molar-refractivity contribution in [2.75, 3.05) is 13.6 Å². The Morgan fingerprint density at radius 1 is 1.28 bits per heavy atom. The summed E-state index contributed by atoms with van der Waals surface area (Å²) in [4.78, 5) is 11.4. The van der Waals surface area contributed by atoms with E-state index in [-0.39, 0.29) is 11.3 Å². The van der Waals surface area contributed by atoms with Crippen molar-refractivity contribution in [1.82, 2.24) is 10.6 Å². The third kappa shape index (κ3) is 4.15. The van der Waals surface area contributed by atoms with E-state index in [1.807, 2.05) is 0 Å². The van der Waals surface area contributed by atoms with Crippen LogP contribution in [-0.2, 0) is 16.8 Å². The summed E-state index contributed by atoms with van der Waals surface area (Å²) in [6.45, 7) is 9.61. The lowest BCUT2D eigenvalue weighted by Gasteiger charge is -2.21. The van der Waals surface area contributed by atoms with E-state index in [9.17, 15) is 4.79 Å². The third-order valence-corrected chi connectivity index (χ3v) is 3.03. The Balaban J connectivity index is 2.79. The lowest BCUT2D eigenvalue weighted by atomic mass is 9.85. The fourth-order valence-electron chi connectivity index (χ4n) is 1.75. The summed E-state index contributed by atoms with van der Waals surface area (Å²) in [6, 6.07) is 6.48. The summed E-state index contributed by atoms with van der Waals surface area (Å²) in [5, 5.41) is 5.76. The molecule has 0 atom stereocenters. The van der Waals surface area contributed by atoms with Crippen LogP contribution in [0.1, 0.15) is 37.5 Å². The summed E-state index contributed by atoms with van der Waals surface area (Å²) >= 11 is 0. The molecule has 1 rings (SSSR count). The van der Waals surface area contributed by atoms with Crippen molar-refractivity contribution < 1.29 is 4.79 Å². The van der Waals surface area contributed by atoms with Gasteiger partial charge in [-0.1, -0.05) is 39.0 Å². The Morgan fingerprint density at radius 3 is 2.50 bits per heavy atom. The molecule has 2 N–H and O–H groups in total. The Labute approximate surface area is 110 Å². The molecule has 0 saturated carbocycles. The van der Waals surface area contributed by atoms with Crippen molar-refractivity contribution in [1.29, 1.82) is 0 Å². The number of nitrogens with one attached hydrogen (secondary N) is 2. The molecule has 3 nitrogen and oxygen atoms in total. The lowest BCUT2D eigenvalue weighted by Crippen LogP contribution is -2.31. The van der Waals surface area contributed by atoms with Crippen molar-refractivity contribution in [3.63, 3.8) is 0 Å². The monoisotopic (exact) mass is 248 g/mol. The van der Waals surface area contributed by atoms with Crippen LogP contribution in [0.2, 0.25) is 0 Å². The highest BCUT2D eigenvalue weighted by Crippen LogP contribution is 2.24. The predicted molar refractivity (Wildman–Crippen MR) is 75.7 cm³/mol. The second kappa shape index (κ2) is 6.01. The van der Waals surface area contributed by atoms with Crippen LogP contribution >= 0.6 is 0 Å². The largest absolute Gasteiger partial charge is 0.351 e. The molecule has 18 heavy (non-hydrogen) atoms. The molecule has 3 heteroatoms. The van der Waals surface area contributed by atoms with Crippen LogP contribution in [0.3, 0.4) is 0 Å². The molecule has 0 fully saturated rings. The minimum absolute atomic E-state index is 0.0260. The standard InChI is InChI=1S/C15H24N2O/c1-11-6-7-13(15(2,3)4)8-12(11)9-17-14(18)10-16-5/h6-8,16H,9-10H2,1-5H3,(H,17,18). The molecular weight excluding hydrogens is 224 g/mol. The first-order chi connectivity index (χ1) is 8.34. The van der Waals surface area contributed by atoms with Crippen LogP contribution in [0.25, 0.3) is 0 Å². The zero-order valence-corrected chi connectivity index (χ0v) is 12.1. The molecule has 0 heterocycles. The maximum atomic E-state index is 11.4. The van der Waals surface area contributed by atoms with Crippen molar-refractivity contribution in [2.45, 2.75) is 39.7 Å². The van der Waals surface area contributed by atoms with Crippen LogP contribution in [0.5, 0.6) is 0 Å². The number of carbonyl (C=O) groups is 1. The minimum Gasteiger partial charge on any atom is -0.351 e. The van der Waals surface area contributed by atoms with Gasteiger partial charge in [-0.05, 0) is 36.1 Å². The van der Waals surface area contributed by atoms with E-state index < -0.39 is 0 Å². The van der Waals surface area contributed by atoms with Gasteiger partial charge in [0.15, 0.2) is 0 Å². The van der Waals surface area contributed by atoms with Gasteiger partial charge in [-0.2, -0.15) is 0 Å². The molecule has 1 aromatic carbocycles. The smallest absolute Gasteiger partial charge is 0.234 e. The van der Waals surface area contributed by atoms with Crippen LogP contribution in [-0.4, -0.2) is 19.5 Å². The molecule has 1 amide bonds. The Kier molecular flexibility index (Phi) is 4.91. The maximum absolute atomic E-state index is 11.4. The molecule has 0 aliphatic carbocycles. The average Bonchev–Trinajstić information content (AvgIpc) is 2.26. The molecule has 0 saturated heterocycles. The van der Waals surface area contributed by atoms with Crippen LogP contribution in [0, 0.1) is 6.92 Å². The second-order valence-electron chi connectivity index (χ2n) is 5.70. The first-order valence-corrected chi connectivity index (χ1v) is 6.36. The molecule has 0 radical (unpaired) electrons. The fraction of sp³-hybridized carbons (Fsp3) is 0.533. The number of carbonyl (C=O) groups excluding carboxylic acids is 1. The van der Waals surface area contributed by atoms with E-state index in [1.165, 1.54) is 16.7 Å². The first-order valence-electron chi connectivity index (χ1n) is 6.36. The third-order valence-electron chi connectivity index (χ3n) is 3.03. The fourth-order valence-corrected chi connectivity index (χ4v) is 1.75. The van der Waals surface area contributed by atoms with E-state index >= 15 is 0 Å². The van der Waals surface area contributed by atoms with Crippen LogP contribution in [0.4, 0.5) is 0 Å². The quantitative estimate of drug-likeness (QED) is 0.857. The van der Waals surface area contributed by atoms with E-state index in [0.717, 1.165) is 0 Å². The molecule has 1 aromatic rings. The van der Waals surface area contributed by atoms with Crippen molar-refractivity contribution in [2.24, 2.45) is 0 Å². The number of hydrogen-bond acceptors (Lipinski definition) is 2. The number of benzene rings is 1. The molecule has 100 valence electrons. The van der Waals surface area contributed by atoms with Gasteiger partial charge < -0.3 is 10.6 Å². The number of aryl methyl sites for hydroxylation is 1. The van der Waals surface area contributed by atoms with Crippen molar-refractivity contribution in [3.8, 4) is 0 Å². The summed E-state index contributed by atoms with van der Waals surface area (Å²) < 4.78 is 0. The van der Waals surface area contributed by atoms with Gasteiger partial charge in [-0.3, -0.25) is 4.79 Å². The van der Waals surface area contributed by atoms with Gasteiger partial charge >= 0.3 is 0 Å². The summed E-state index contributed by atoms with van der Waals surface area (Å²) in [5.74, 6) is 0.0260. The van der Waals surface area contributed by atoms with Gasteiger partial charge in [0.1, 0.15) is 0 Å². The Hall–Kier alpha value is -1.35. The molecule has 0 aromatic heterocycles. The highest BCUT2D eigenvalue weighted by molar-refractivity contribution is 5.77. The van der Waals surface area contributed by atoms with E-state index in [2.05, 4.69) is 56.5 Å². The van der Waals surface area contributed by atoms with E-state index in [1.54, 1.807) is 7.05 Å². The van der Waals surface area contributed by atoms with Crippen LogP contribution < -0.4 is 10.6 Å². The first kappa shape index (κ1) is 14.7. The molecule has 0 bridgehead atoms. The molecule has 0 unspecified atom stereocenters. The second-order valence-corrected chi connectivity index (χ2v) is 5.70. The van der Waals surface area contributed by atoms with Crippen LogP contribution in [0.15, 0.2) is 18.2 Å². The lowest BCUT2D eigenvalue weighted by molar-refractivity contribution is -0.120. The van der Waals surface area contributed by atoms with Gasteiger partial charge in [-0.25, -0.2) is 0 Å². The average molecular weight is 248 g/mol. The molecule has 0 spiro atoms. The number of hydrogen-bond donors (Lipinski definition) is 2. The maximum Gasteiger partial charge on any atom is 0.234 e. The Bertz CT molecular complexity index is 419. The molecular formula is C15H24N2O. The normalized spacial score (nSPS) is 11.4. The van der Waals surface area contributed by atoms with Gasteiger partial charge in [0.05, 0.1) is 6.54 Å². The predicted octanol–water partition coefficient (Wildman–Crippen LogP) is 2.13. The van der Waals surface area contributed by atoms with Crippen molar-refractivity contribution in [3.05, 3.63) is 34.9 Å². The van der Waals surface area contributed by atoms with E-state index in [0.29, 0.717) is 13.1 Å². The number of amides is 1. The topological polar surface area (TPSA) is 41.1 Å². The Morgan fingerprint density at radius 2 is 1.94 bits per heavy atom. The number of likely N-dealkylation sites (N-methyl/N-ethyl adjacent to an activating group) is 1. The minimum atomic E-state index is 0.0260. The zero-order chi connectivity index (χ0) is 13.8. The van der Waals surface area contributed by atoms with E-state index in [4.69, 9.17) is 0 Å². The van der Waals surface area contributed by atoms with Crippen molar-refractivity contribution >= 4 is 5.91 Å². The number of rotatable bonds is 4. The molecule has 0 aliphatic rings.